The highest BCUT2D eigenvalue weighted by Crippen LogP contribution is 2.31. The van der Waals surface area contributed by atoms with Crippen LogP contribution in [0.2, 0.25) is 0 Å². The molecule has 0 saturated carbocycles. The number of thioether (sulfide) groups is 1. The van der Waals surface area contributed by atoms with Gasteiger partial charge < -0.3 is 0 Å². The predicted molar refractivity (Wildman–Crippen MR) is 59.7 cm³/mol. The first kappa shape index (κ1) is 8.64. The molecule has 1 unspecified atom stereocenters. The Kier molecular flexibility index (Phi) is 2.55. The number of hydrogen-bond acceptors (Lipinski definition) is 1. The third-order valence-corrected chi connectivity index (χ3v) is 3.07. The second kappa shape index (κ2) is 3.84. The molecule has 1 aliphatic heterocycles. The Balaban J connectivity index is 2.31. The summed E-state index contributed by atoms with van der Waals surface area (Å²) >= 11 is 1.76. The lowest BCUT2D eigenvalue weighted by atomic mass is 9.93. The van der Waals surface area contributed by atoms with Gasteiger partial charge in [-0.3, -0.25) is 0 Å². The van der Waals surface area contributed by atoms with Crippen LogP contribution in [0, 0.1) is 0 Å². The molecule has 0 amide bonds. The standard InChI is InChI=1S/C12H12S/c1-10-9-13-8-7-12(10)11-5-3-2-4-6-11/h2-9,12H,1H3. The molecule has 1 heteroatoms. The van der Waals surface area contributed by atoms with Gasteiger partial charge in [-0.05, 0) is 23.3 Å². The Morgan fingerprint density at radius 3 is 2.62 bits per heavy atom. The topological polar surface area (TPSA) is 0 Å². The van der Waals surface area contributed by atoms with Gasteiger partial charge in [-0.2, -0.15) is 0 Å². The van der Waals surface area contributed by atoms with Crippen LogP contribution in [-0.2, 0) is 0 Å². The van der Waals surface area contributed by atoms with Crippen molar-refractivity contribution < 1.29 is 0 Å². The van der Waals surface area contributed by atoms with Crippen LogP contribution in [0.3, 0.4) is 0 Å². The van der Waals surface area contributed by atoms with E-state index in [1.54, 1.807) is 11.8 Å². The third kappa shape index (κ3) is 1.86. The molecule has 13 heavy (non-hydrogen) atoms. The summed E-state index contributed by atoms with van der Waals surface area (Å²) in [5, 5.41) is 4.38. The van der Waals surface area contributed by atoms with Crippen LogP contribution in [0.1, 0.15) is 18.4 Å². The van der Waals surface area contributed by atoms with Gasteiger partial charge in [0.2, 0.25) is 0 Å². The highest BCUT2D eigenvalue weighted by atomic mass is 32.2. The lowest BCUT2D eigenvalue weighted by Crippen LogP contribution is -1.97. The van der Waals surface area contributed by atoms with E-state index < -0.39 is 0 Å². The van der Waals surface area contributed by atoms with Gasteiger partial charge in [0.15, 0.2) is 0 Å². The van der Waals surface area contributed by atoms with E-state index >= 15 is 0 Å². The van der Waals surface area contributed by atoms with Crippen molar-refractivity contribution in [1.29, 1.82) is 0 Å². The van der Waals surface area contributed by atoms with Gasteiger partial charge in [-0.15, -0.1) is 11.8 Å². The molecule has 0 aromatic heterocycles. The van der Waals surface area contributed by atoms with Crippen molar-refractivity contribution >= 4 is 11.8 Å². The second-order valence-electron chi connectivity index (χ2n) is 3.21. The number of rotatable bonds is 1. The maximum atomic E-state index is 2.26. The summed E-state index contributed by atoms with van der Waals surface area (Å²) in [5.41, 5.74) is 2.81. The van der Waals surface area contributed by atoms with E-state index in [0.717, 1.165) is 0 Å². The van der Waals surface area contributed by atoms with Crippen molar-refractivity contribution in [3.8, 4) is 0 Å². The van der Waals surface area contributed by atoms with E-state index in [2.05, 4.69) is 54.1 Å². The van der Waals surface area contributed by atoms with Gasteiger partial charge in [0.1, 0.15) is 0 Å². The summed E-state index contributed by atoms with van der Waals surface area (Å²) in [5.74, 6) is 0.488. The molecule has 1 aromatic rings. The average molecular weight is 188 g/mol. The van der Waals surface area contributed by atoms with Crippen molar-refractivity contribution in [3.05, 3.63) is 58.4 Å². The Bertz CT molecular complexity index is 335. The zero-order valence-electron chi connectivity index (χ0n) is 7.60. The fourth-order valence-corrected chi connectivity index (χ4v) is 2.22. The lowest BCUT2D eigenvalue weighted by Gasteiger charge is -2.16. The SMILES string of the molecule is CC1=CSC=CC1c1ccccc1. The first-order valence-electron chi connectivity index (χ1n) is 4.41. The molecule has 66 valence electrons. The summed E-state index contributed by atoms with van der Waals surface area (Å²) in [4.78, 5) is 0. The molecule has 1 aromatic carbocycles. The highest BCUT2D eigenvalue weighted by molar-refractivity contribution is 8.05. The fraction of sp³-hybridized carbons (Fsp3) is 0.167. The van der Waals surface area contributed by atoms with Crippen LogP contribution in [0.4, 0.5) is 0 Å². The Morgan fingerprint density at radius 2 is 1.92 bits per heavy atom. The summed E-state index contributed by atoms with van der Waals surface area (Å²) in [6.45, 7) is 2.19. The first-order valence-corrected chi connectivity index (χ1v) is 5.36. The van der Waals surface area contributed by atoms with Crippen LogP contribution in [0.25, 0.3) is 0 Å². The summed E-state index contributed by atoms with van der Waals surface area (Å²) in [7, 11) is 0. The zero-order valence-corrected chi connectivity index (χ0v) is 8.42. The largest absolute Gasteiger partial charge is 0.106 e. The molecule has 0 nitrogen and oxygen atoms in total. The van der Waals surface area contributed by atoms with Gasteiger partial charge >= 0.3 is 0 Å². The number of allylic oxidation sites excluding steroid dienone is 2. The highest BCUT2D eigenvalue weighted by Gasteiger charge is 2.11. The van der Waals surface area contributed by atoms with Crippen LogP contribution in [0.5, 0.6) is 0 Å². The van der Waals surface area contributed by atoms with Crippen LogP contribution < -0.4 is 0 Å². The van der Waals surface area contributed by atoms with Gasteiger partial charge in [-0.1, -0.05) is 42.0 Å². The zero-order chi connectivity index (χ0) is 9.10. The third-order valence-electron chi connectivity index (χ3n) is 2.25. The Hall–Kier alpha value is -0.950. The lowest BCUT2D eigenvalue weighted by molar-refractivity contribution is 0.994. The quantitative estimate of drug-likeness (QED) is 0.643. The van der Waals surface area contributed by atoms with Crippen LogP contribution >= 0.6 is 11.8 Å². The summed E-state index contributed by atoms with van der Waals surface area (Å²) in [6, 6.07) is 10.6. The summed E-state index contributed by atoms with van der Waals surface area (Å²) in [6.07, 6.45) is 2.26. The maximum absolute atomic E-state index is 2.26. The van der Waals surface area contributed by atoms with Crippen molar-refractivity contribution in [2.75, 3.05) is 0 Å². The molecule has 0 radical (unpaired) electrons. The molecule has 0 spiro atoms. The molecule has 0 N–H and O–H groups in total. The van der Waals surface area contributed by atoms with Crippen LogP contribution in [-0.4, -0.2) is 0 Å². The maximum Gasteiger partial charge on any atom is 0.0241 e. The van der Waals surface area contributed by atoms with E-state index in [9.17, 15) is 0 Å². The smallest absolute Gasteiger partial charge is 0.0241 e. The Labute approximate surface area is 83.4 Å². The first-order chi connectivity index (χ1) is 6.38. The molecule has 0 aliphatic carbocycles. The fourth-order valence-electron chi connectivity index (χ4n) is 1.53. The molecule has 2 rings (SSSR count). The van der Waals surface area contributed by atoms with Crippen molar-refractivity contribution in [2.45, 2.75) is 12.8 Å². The second-order valence-corrected chi connectivity index (χ2v) is 3.99. The van der Waals surface area contributed by atoms with E-state index in [4.69, 9.17) is 0 Å². The molecule has 0 fully saturated rings. The molecule has 1 heterocycles. The van der Waals surface area contributed by atoms with Crippen molar-refractivity contribution in [1.82, 2.24) is 0 Å². The van der Waals surface area contributed by atoms with Gasteiger partial charge in [0.25, 0.3) is 0 Å². The molecule has 0 saturated heterocycles. The van der Waals surface area contributed by atoms with Gasteiger partial charge in [-0.25, -0.2) is 0 Å². The Morgan fingerprint density at radius 1 is 1.15 bits per heavy atom. The normalized spacial score (nSPS) is 21.3. The van der Waals surface area contributed by atoms with E-state index in [-0.39, 0.29) is 0 Å². The van der Waals surface area contributed by atoms with Crippen molar-refractivity contribution in [2.24, 2.45) is 0 Å². The van der Waals surface area contributed by atoms with Gasteiger partial charge in [0, 0.05) is 5.92 Å². The van der Waals surface area contributed by atoms with E-state index in [1.807, 2.05) is 0 Å². The van der Waals surface area contributed by atoms with Crippen molar-refractivity contribution in [3.63, 3.8) is 0 Å². The monoisotopic (exact) mass is 188 g/mol. The van der Waals surface area contributed by atoms with Crippen LogP contribution in [0.15, 0.2) is 52.8 Å². The van der Waals surface area contributed by atoms with E-state index in [0.29, 0.717) is 5.92 Å². The molecular formula is C12H12S. The summed E-state index contributed by atoms with van der Waals surface area (Å²) < 4.78 is 0. The molecule has 1 aliphatic rings. The van der Waals surface area contributed by atoms with Gasteiger partial charge in [0.05, 0.1) is 0 Å². The number of benzene rings is 1. The van der Waals surface area contributed by atoms with E-state index in [1.165, 1.54) is 11.1 Å². The minimum atomic E-state index is 0.488. The minimum absolute atomic E-state index is 0.488. The molecule has 1 atom stereocenters. The predicted octanol–water partition coefficient (Wildman–Crippen LogP) is 3.93. The average Bonchev–Trinajstić information content (AvgIpc) is 2.20. The minimum Gasteiger partial charge on any atom is -0.106 e. The molecular weight excluding hydrogens is 176 g/mol. The molecule has 0 bridgehead atoms. The number of hydrogen-bond donors (Lipinski definition) is 0.